The molecule has 1 aromatic heterocycles. The number of aromatic amines is 1. The van der Waals surface area contributed by atoms with Gasteiger partial charge in [-0.15, -0.1) is 0 Å². The molecule has 1 aliphatic rings. The molecular formula is C13H12N2O3. The predicted octanol–water partition coefficient (Wildman–Crippen LogP) is 1.40. The summed E-state index contributed by atoms with van der Waals surface area (Å²) < 4.78 is 10.6. The number of H-pyrrole nitrogens is 1. The van der Waals surface area contributed by atoms with Gasteiger partial charge in [0.15, 0.2) is 11.5 Å². The molecule has 2 aromatic rings. The van der Waals surface area contributed by atoms with Crippen molar-refractivity contribution in [3.8, 4) is 11.5 Å². The Bertz CT molecular complexity index is 649. The van der Waals surface area contributed by atoms with Crippen molar-refractivity contribution in [3.63, 3.8) is 0 Å². The number of rotatable bonds is 2. The average Bonchev–Trinajstić information content (AvgIpc) is 2.81. The molecule has 1 aliphatic heterocycles. The van der Waals surface area contributed by atoms with E-state index in [0.717, 1.165) is 22.8 Å². The maximum absolute atomic E-state index is 11.6. The molecule has 5 heteroatoms. The molecule has 0 saturated heterocycles. The number of benzene rings is 1. The van der Waals surface area contributed by atoms with Gasteiger partial charge in [-0.2, -0.15) is 5.10 Å². The van der Waals surface area contributed by atoms with Crippen molar-refractivity contribution in [2.24, 2.45) is 0 Å². The van der Waals surface area contributed by atoms with E-state index in [2.05, 4.69) is 10.2 Å². The summed E-state index contributed by atoms with van der Waals surface area (Å²) in [6, 6.07) is 7.49. The first-order valence-corrected chi connectivity index (χ1v) is 5.66. The number of hydrogen-bond donors (Lipinski definition) is 1. The second-order valence-electron chi connectivity index (χ2n) is 4.23. The molecule has 5 nitrogen and oxygen atoms in total. The van der Waals surface area contributed by atoms with Gasteiger partial charge in [0.05, 0.1) is 5.69 Å². The Hall–Kier alpha value is -2.30. The topological polar surface area (TPSA) is 64.2 Å². The van der Waals surface area contributed by atoms with E-state index in [1.807, 2.05) is 25.1 Å². The fraction of sp³-hybridized carbons (Fsp3) is 0.231. The second-order valence-corrected chi connectivity index (χ2v) is 4.23. The molecule has 0 saturated carbocycles. The van der Waals surface area contributed by atoms with Crippen molar-refractivity contribution in [2.45, 2.75) is 13.3 Å². The van der Waals surface area contributed by atoms with Gasteiger partial charge in [0.1, 0.15) is 0 Å². The Morgan fingerprint density at radius 1 is 1.28 bits per heavy atom. The van der Waals surface area contributed by atoms with Crippen LogP contribution < -0.4 is 15.0 Å². The average molecular weight is 244 g/mol. The summed E-state index contributed by atoms with van der Waals surface area (Å²) in [5.41, 5.74) is 2.35. The molecule has 92 valence electrons. The van der Waals surface area contributed by atoms with Gasteiger partial charge in [-0.3, -0.25) is 4.79 Å². The van der Waals surface area contributed by atoms with Crippen molar-refractivity contribution >= 4 is 0 Å². The van der Waals surface area contributed by atoms with Crippen molar-refractivity contribution in [3.05, 3.63) is 51.4 Å². The zero-order valence-corrected chi connectivity index (χ0v) is 9.90. The number of nitrogens with zero attached hydrogens (tertiary/aromatic N) is 1. The first-order chi connectivity index (χ1) is 8.72. The number of ether oxygens (including phenoxy) is 2. The van der Waals surface area contributed by atoms with Crippen LogP contribution in [-0.4, -0.2) is 17.0 Å². The van der Waals surface area contributed by atoms with E-state index in [0.29, 0.717) is 12.0 Å². The molecule has 0 atom stereocenters. The maximum atomic E-state index is 11.6. The highest BCUT2D eigenvalue weighted by Crippen LogP contribution is 2.32. The Kier molecular flexibility index (Phi) is 2.51. The van der Waals surface area contributed by atoms with Crippen molar-refractivity contribution in [1.82, 2.24) is 10.2 Å². The van der Waals surface area contributed by atoms with Gasteiger partial charge in [0, 0.05) is 12.0 Å². The predicted molar refractivity (Wildman–Crippen MR) is 65.0 cm³/mol. The van der Waals surface area contributed by atoms with Crippen molar-refractivity contribution in [1.29, 1.82) is 0 Å². The lowest BCUT2D eigenvalue weighted by Crippen LogP contribution is -2.15. The quantitative estimate of drug-likeness (QED) is 0.867. The molecule has 0 spiro atoms. The van der Waals surface area contributed by atoms with Crippen LogP contribution in [0, 0.1) is 6.92 Å². The van der Waals surface area contributed by atoms with Gasteiger partial charge < -0.3 is 9.47 Å². The Labute approximate surface area is 103 Å². The third-order valence-corrected chi connectivity index (χ3v) is 2.84. The zero-order valence-electron chi connectivity index (χ0n) is 9.90. The molecule has 0 amide bonds. The van der Waals surface area contributed by atoms with Crippen LogP contribution in [0.5, 0.6) is 11.5 Å². The lowest BCUT2D eigenvalue weighted by atomic mass is 10.1. The smallest absolute Gasteiger partial charge is 0.267 e. The second kappa shape index (κ2) is 4.18. The molecule has 18 heavy (non-hydrogen) atoms. The van der Waals surface area contributed by atoms with Crippen LogP contribution in [0.4, 0.5) is 0 Å². The summed E-state index contributed by atoms with van der Waals surface area (Å²) >= 11 is 0. The number of nitrogens with one attached hydrogen (secondary N) is 1. The minimum Gasteiger partial charge on any atom is -0.454 e. The van der Waals surface area contributed by atoms with E-state index in [4.69, 9.17) is 9.47 Å². The van der Waals surface area contributed by atoms with Crippen LogP contribution in [0.3, 0.4) is 0 Å². The Morgan fingerprint density at radius 2 is 2.11 bits per heavy atom. The standard InChI is InChI=1S/C13H12N2O3/c1-8-4-10(13(16)15-14-8)5-9-2-3-11-12(6-9)18-7-17-11/h2-4,6H,5,7H2,1H3,(H,15,16). The summed E-state index contributed by atoms with van der Waals surface area (Å²) in [7, 11) is 0. The van der Waals surface area contributed by atoms with Crippen LogP contribution in [0.2, 0.25) is 0 Å². The fourth-order valence-electron chi connectivity index (χ4n) is 1.96. The molecule has 1 N–H and O–H groups in total. The highest BCUT2D eigenvalue weighted by molar-refractivity contribution is 5.45. The van der Waals surface area contributed by atoms with Gasteiger partial charge in [-0.25, -0.2) is 5.10 Å². The van der Waals surface area contributed by atoms with Crippen molar-refractivity contribution < 1.29 is 9.47 Å². The van der Waals surface area contributed by atoms with E-state index in [1.165, 1.54) is 0 Å². The SMILES string of the molecule is Cc1cc(Cc2ccc3c(c2)OCO3)c(=O)[nH]n1. The van der Waals surface area contributed by atoms with Gasteiger partial charge in [0.25, 0.3) is 5.56 Å². The van der Waals surface area contributed by atoms with E-state index < -0.39 is 0 Å². The summed E-state index contributed by atoms with van der Waals surface area (Å²) in [5, 5.41) is 6.34. The molecule has 0 radical (unpaired) electrons. The van der Waals surface area contributed by atoms with Gasteiger partial charge >= 0.3 is 0 Å². The summed E-state index contributed by atoms with van der Waals surface area (Å²) in [4.78, 5) is 11.6. The first kappa shape index (κ1) is 10.8. The minimum absolute atomic E-state index is 0.154. The van der Waals surface area contributed by atoms with Crippen LogP contribution >= 0.6 is 0 Å². The Balaban J connectivity index is 1.93. The monoisotopic (exact) mass is 244 g/mol. The minimum atomic E-state index is -0.154. The first-order valence-electron chi connectivity index (χ1n) is 5.66. The fourth-order valence-corrected chi connectivity index (χ4v) is 1.96. The van der Waals surface area contributed by atoms with Gasteiger partial charge in [-0.05, 0) is 30.7 Å². The number of aryl methyl sites for hydroxylation is 1. The highest BCUT2D eigenvalue weighted by Gasteiger charge is 2.13. The lowest BCUT2D eigenvalue weighted by molar-refractivity contribution is 0.174. The lowest BCUT2D eigenvalue weighted by Gasteiger charge is -2.03. The molecule has 0 unspecified atom stereocenters. The number of hydrogen-bond acceptors (Lipinski definition) is 4. The van der Waals surface area contributed by atoms with Gasteiger partial charge in [0.2, 0.25) is 6.79 Å². The van der Waals surface area contributed by atoms with Crippen LogP contribution in [-0.2, 0) is 6.42 Å². The molecule has 0 bridgehead atoms. The van der Waals surface area contributed by atoms with Crippen LogP contribution in [0.1, 0.15) is 16.8 Å². The third kappa shape index (κ3) is 1.95. The largest absolute Gasteiger partial charge is 0.454 e. The highest BCUT2D eigenvalue weighted by atomic mass is 16.7. The molecule has 0 aliphatic carbocycles. The molecular weight excluding hydrogens is 232 g/mol. The molecule has 2 heterocycles. The third-order valence-electron chi connectivity index (χ3n) is 2.84. The van der Waals surface area contributed by atoms with E-state index in [1.54, 1.807) is 6.07 Å². The van der Waals surface area contributed by atoms with Crippen molar-refractivity contribution in [2.75, 3.05) is 6.79 Å². The summed E-state index contributed by atoms with van der Waals surface area (Å²) in [6.45, 7) is 2.10. The number of fused-ring (bicyclic) bond motifs is 1. The summed E-state index contributed by atoms with van der Waals surface area (Å²) in [5.74, 6) is 1.48. The van der Waals surface area contributed by atoms with E-state index in [9.17, 15) is 4.79 Å². The van der Waals surface area contributed by atoms with Crippen LogP contribution in [0.15, 0.2) is 29.1 Å². The van der Waals surface area contributed by atoms with Gasteiger partial charge in [-0.1, -0.05) is 6.07 Å². The normalized spacial score (nSPS) is 12.7. The Morgan fingerprint density at radius 3 is 3.00 bits per heavy atom. The molecule has 1 aromatic carbocycles. The zero-order chi connectivity index (χ0) is 12.5. The van der Waals surface area contributed by atoms with E-state index in [-0.39, 0.29) is 12.4 Å². The maximum Gasteiger partial charge on any atom is 0.267 e. The summed E-state index contributed by atoms with van der Waals surface area (Å²) in [6.07, 6.45) is 0.551. The molecule has 3 rings (SSSR count). The van der Waals surface area contributed by atoms with E-state index >= 15 is 0 Å². The number of aromatic nitrogens is 2. The molecule has 0 fully saturated rings. The van der Waals surface area contributed by atoms with Crippen LogP contribution in [0.25, 0.3) is 0 Å².